The highest BCUT2D eigenvalue weighted by atomic mass is 79.9. The Bertz CT molecular complexity index is 2030. The standard InChI is InChI=1S/C30H25BrClN5O5S/c1-42-22-10-8-21(9-11-22)36-28-26(34-43(40,41)18-19-5-3-2-4-6-19)16-33-37(28)27-17-35(14-13-23(27)30(36)39)29(38)20-7-12-24(31)25(32)15-20/h2-12,15-16,34H,13-14,17-18H2,1H3. The van der Waals surface area contributed by atoms with E-state index in [1.165, 1.54) is 15.3 Å². The van der Waals surface area contributed by atoms with Gasteiger partial charge in [0, 0.05) is 22.1 Å². The van der Waals surface area contributed by atoms with Gasteiger partial charge in [0.2, 0.25) is 10.0 Å². The quantitative estimate of drug-likeness (QED) is 0.257. The average Bonchev–Trinajstić information content (AvgIpc) is 3.41. The molecule has 6 rings (SSSR count). The zero-order valence-corrected chi connectivity index (χ0v) is 26.0. The molecule has 0 aliphatic carbocycles. The van der Waals surface area contributed by atoms with Crippen molar-refractivity contribution in [3.05, 3.63) is 121 Å². The summed E-state index contributed by atoms with van der Waals surface area (Å²) >= 11 is 9.58. The second kappa shape index (κ2) is 11.5. The molecule has 1 aliphatic rings. The summed E-state index contributed by atoms with van der Waals surface area (Å²) in [5.74, 6) is 0.0923. The number of hydrogen-bond acceptors (Lipinski definition) is 6. The molecule has 1 aliphatic heterocycles. The minimum Gasteiger partial charge on any atom is -0.497 e. The third-order valence-corrected chi connectivity index (χ3v) is 9.72. The van der Waals surface area contributed by atoms with Crippen LogP contribution in [0.4, 0.5) is 5.69 Å². The number of ether oxygens (including phenoxy) is 1. The van der Waals surface area contributed by atoms with E-state index in [1.54, 1.807) is 78.7 Å². The number of anilines is 1. The van der Waals surface area contributed by atoms with Crippen molar-refractivity contribution in [1.82, 2.24) is 19.1 Å². The van der Waals surface area contributed by atoms with Gasteiger partial charge in [-0.1, -0.05) is 41.9 Å². The number of carbonyl (C=O) groups is 1. The highest BCUT2D eigenvalue weighted by Crippen LogP contribution is 2.29. The summed E-state index contributed by atoms with van der Waals surface area (Å²) in [4.78, 5) is 29.2. The van der Waals surface area contributed by atoms with E-state index in [2.05, 4.69) is 25.8 Å². The fourth-order valence-electron chi connectivity index (χ4n) is 5.18. The highest BCUT2D eigenvalue weighted by Gasteiger charge is 2.30. The first-order chi connectivity index (χ1) is 20.6. The van der Waals surface area contributed by atoms with Gasteiger partial charge in [-0.05, 0) is 70.4 Å². The summed E-state index contributed by atoms with van der Waals surface area (Å²) in [7, 11) is -2.33. The van der Waals surface area contributed by atoms with Crippen LogP contribution in [-0.4, -0.2) is 47.1 Å². The molecule has 10 nitrogen and oxygen atoms in total. The van der Waals surface area contributed by atoms with Crippen molar-refractivity contribution in [3.8, 4) is 11.4 Å². The number of methoxy groups -OCH3 is 1. The van der Waals surface area contributed by atoms with Gasteiger partial charge in [0.25, 0.3) is 11.5 Å². The number of nitrogens with zero attached hydrogens (tertiary/aromatic N) is 4. The molecule has 0 saturated heterocycles. The molecule has 0 unspecified atom stereocenters. The van der Waals surface area contributed by atoms with Crippen molar-refractivity contribution in [2.75, 3.05) is 18.4 Å². The lowest BCUT2D eigenvalue weighted by Crippen LogP contribution is -2.41. The number of nitrogens with one attached hydrogen (secondary N) is 1. The first-order valence-electron chi connectivity index (χ1n) is 13.2. The molecule has 0 fully saturated rings. The summed E-state index contributed by atoms with van der Waals surface area (Å²) in [6.45, 7) is 0.398. The highest BCUT2D eigenvalue weighted by molar-refractivity contribution is 9.10. The molecule has 0 radical (unpaired) electrons. The second-order valence-corrected chi connectivity index (χ2v) is 13.0. The average molecular weight is 683 g/mol. The largest absolute Gasteiger partial charge is 0.497 e. The zero-order chi connectivity index (χ0) is 30.3. The molecule has 3 heterocycles. The molecule has 0 spiro atoms. The van der Waals surface area contributed by atoms with Crippen molar-refractivity contribution in [3.63, 3.8) is 0 Å². The third kappa shape index (κ3) is 5.65. The first kappa shape index (κ1) is 29.0. The van der Waals surface area contributed by atoms with Crippen LogP contribution in [-0.2, 0) is 28.7 Å². The second-order valence-electron chi connectivity index (χ2n) is 10.0. The zero-order valence-electron chi connectivity index (χ0n) is 22.8. The van der Waals surface area contributed by atoms with Crippen molar-refractivity contribution in [2.45, 2.75) is 18.7 Å². The molecule has 0 saturated carbocycles. The molecular weight excluding hydrogens is 658 g/mol. The molecule has 5 aromatic rings. The SMILES string of the molecule is COc1ccc(-n2c(=O)c3c(n4ncc(NS(=O)(=O)Cc5ccccc5)c24)CN(C(=O)c2ccc(Br)c(Cl)c2)CC3)cc1. The van der Waals surface area contributed by atoms with Crippen LogP contribution in [0.15, 0.2) is 88.3 Å². The summed E-state index contributed by atoms with van der Waals surface area (Å²) in [5, 5.41) is 4.93. The lowest BCUT2D eigenvalue weighted by Gasteiger charge is -2.29. The van der Waals surface area contributed by atoms with Gasteiger partial charge in [0.05, 0.1) is 42.0 Å². The topological polar surface area (TPSA) is 115 Å². The first-order valence-corrected chi connectivity index (χ1v) is 16.0. The monoisotopic (exact) mass is 681 g/mol. The molecule has 13 heteroatoms. The molecular formula is C30H25BrClN5O5S. The Kier molecular flexibility index (Phi) is 7.75. The fraction of sp³-hybridized carbons (Fsp3) is 0.167. The molecule has 0 bridgehead atoms. The van der Waals surface area contributed by atoms with Gasteiger partial charge in [-0.15, -0.1) is 0 Å². The summed E-state index contributed by atoms with van der Waals surface area (Å²) in [6, 6.07) is 20.7. The number of halogens is 2. The van der Waals surface area contributed by atoms with Crippen LogP contribution in [0.1, 0.15) is 27.2 Å². The summed E-state index contributed by atoms with van der Waals surface area (Å²) in [5.41, 5.74) is 2.55. The Morgan fingerprint density at radius 3 is 2.53 bits per heavy atom. The minimum absolute atomic E-state index is 0.0922. The predicted molar refractivity (Wildman–Crippen MR) is 168 cm³/mol. The van der Waals surface area contributed by atoms with Crippen LogP contribution in [0, 0.1) is 0 Å². The maximum Gasteiger partial charge on any atom is 0.261 e. The lowest BCUT2D eigenvalue weighted by molar-refractivity contribution is 0.0729. The molecule has 220 valence electrons. The smallest absolute Gasteiger partial charge is 0.261 e. The molecule has 43 heavy (non-hydrogen) atoms. The number of fused-ring (bicyclic) bond motifs is 3. The Labute approximate surface area is 260 Å². The van der Waals surface area contributed by atoms with Gasteiger partial charge < -0.3 is 9.64 Å². The van der Waals surface area contributed by atoms with E-state index in [4.69, 9.17) is 16.3 Å². The van der Waals surface area contributed by atoms with Gasteiger partial charge in [-0.3, -0.25) is 18.9 Å². The van der Waals surface area contributed by atoms with E-state index in [0.717, 1.165) is 0 Å². The van der Waals surface area contributed by atoms with Crippen LogP contribution in [0.3, 0.4) is 0 Å². The number of rotatable bonds is 7. The van der Waals surface area contributed by atoms with E-state index in [0.29, 0.717) is 49.9 Å². The predicted octanol–water partition coefficient (Wildman–Crippen LogP) is 5.05. The normalized spacial score (nSPS) is 13.1. The Morgan fingerprint density at radius 1 is 1.09 bits per heavy atom. The Hall–Kier alpha value is -4.13. The maximum atomic E-state index is 14.1. The summed E-state index contributed by atoms with van der Waals surface area (Å²) in [6.07, 6.45) is 1.66. The Balaban J connectivity index is 1.46. The number of sulfonamides is 1. The van der Waals surface area contributed by atoms with Gasteiger partial charge in [-0.25, -0.2) is 12.9 Å². The van der Waals surface area contributed by atoms with E-state index in [1.807, 2.05) is 6.07 Å². The van der Waals surface area contributed by atoms with Crippen molar-refractivity contribution < 1.29 is 17.9 Å². The van der Waals surface area contributed by atoms with E-state index < -0.39 is 10.0 Å². The van der Waals surface area contributed by atoms with E-state index >= 15 is 0 Å². The number of hydrogen-bond donors (Lipinski definition) is 1. The number of aromatic nitrogens is 3. The molecule has 1 amide bonds. The Morgan fingerprint density at radius 2 is 1.84 bits per heavy atom. The van der Waals surface area contributed by atoms with Crippen molar-refractivity contribution in [1.29, 1.82) is 0 Å². The van der Waals surface area contributed by atoms with Gasteiger partial charge in [-0.2, -0.15) is 5.10 Å². The number of benzene rings is 3. The maximum absolute atomic E-state index is 14.1. The van der Waals surface area contributed by atoms with E-state index in [-0.39, 0.29) is 41.5 Å². The van der Waals surface area contributed by atoms with Crippen LogP contribution in [0.2, 0.25) is 5.02 Å². The van der Waals surface area contributed by atoms with Crippen LogP contribution < -0.4 is 15.0 Å². The summed E-state index contributed by atoms with van der Waals surface area (Å²) < 4.78 is 38.1. The van der Waals surface area contributed by atoms with E-state index in [9.17, 15) is 18.0 Å². The van der Waals surface area contributed by atoms with Crippen molar-refractivity contribution in [2.24, 2.45) is 0 Å². The number of carbonyl (C=O) groups excluding carboxylic acids is 1. The molecule has 0 atom stereocenters. The number of amides is 1. The van der Waals surface area contributed by atoms with Crippen molar-refractivity contribution >= 4 is 54.8 Å². The minimum atomic E-state index is -3.88. The molecule has 2 aromatic heterocycles. The van der Waals surface area contributed by atoms with Gasteiger partial charge in [0.15, 0.2) is 5.65 Å². The van der Waals surface area contributed by atoms with Crippen LogP contribution in [0.25, 0.3) is 11.3 Å². The van der Waals surface area contributed by atoms with Gasteiger partial charge >= 0.3 is 0 Å². The van der Waals surface area contributed by atoms with Crippen LogP contribution in [0.5, 0.6) is 5.75 Å². The fourth-order valence-corrected chi connectivity index (χ4v) is 6.79. The van der Waals surface area contributed by atoms with Crippen LogP contribution >= 0.6 is 27.5 Å². The lowest BCUT2D eigenvalue weighted by atomic mass is 10.0. The van der Waals surface area contributed by atoms with Gasteiger partial charge in [0.1, 0.15) is 11.4 Å². The molecule has 3 aromatic carbocycles. The molecule has 1 N–H and O–H groups in total. The third-order valence-electron chi connectivity index (χ3n) is 7.24.